The van der Waals surface area contributed by atoms with Gasteiger partial charge >= 0.3 is 0 Å². The van der Waals surface area contributed by atoms with Crippen molar-refractivity contribution < 1.29 is 0 Å². The highest BCUT2D eigenvalue weighted by atomic mass is 15.2. The van der Waals surface area contributed by atoms with Crippen molar-refractivity contribution in [3.8, 4) is 6.07 Å². The molecule has 1 aliphatic heterocycles. The van der Waals surface area contributed by atoms with Crippen LogP contribution in [0.4, 0.5) is 11.5 Å². The number of rotatable bonds is 1. The van der Waals surface area contributed by atoms with Crippen LogP contribution in [-0.4, -0.2) is 4.98 Å². The predicted octanol–water partition coefficient (Wildman–Crippen LogP) is 2.67. The molecule has 20 heavy (non-hydrogen) atoms. The van der Waals surface area contributed by atoms with E-state index in [1.165, 1.54) is 11.1 Å². The summed E-state index contributed by atoms with van der Waals surface area (Å²) in [6.45, 7) is 5.45. The molecule has 100 valence electrons. The van der Waals surface area contributed by atoms with Gasteiger partial charge in [-0.05, 0) is 48.7 Å². The molecule has 1 aromatic carbocycles. The van der Waals surface area contributed by atoms with Gasteiger partial charge in [0.2, 0.25) is 0 Å². The number of nitriles is 1. The maximum atomic E-state index is 9.37. The zero-order valence-corrected chi connectivity index (χ0v) is 11.6. The van der Waals surface area contributed by atoms with E-state index in [0.717, 1.165) is 35.9 Å². The Balaban J connectivity index is 2.03. The molecular weight excluding hydrogens is 248 g/mol. The van der Waals surface area contributed by atoms with Crippen molar-refractivity contribution in [2.24, 2.45) is 0 Å². The van der Waals surface area contributed by atoms with Crippen molar-refractivity contribution in [3.05, 3.63) is 52.2 Å². The van der Waals surface area contributed by atoms with Gasteiger partial charge in [-0.2, -0.15) is 5.26 Å². The quantitative estimate of drug-likeness (QED) is 0.804. The Kier molecular flexibility index (Phi) is 2.83. The Bertz CT molecular complexity index is 728. The molecule has 2 N–H and O–H groups in total. The first-order valence-corrected chi connectivity index (χ1v) is 6.59. The molecule has 1 aliphatic rings. The summed E-state index contributed by atoms with van der Waals surface area (Å²) in [6, 6.07) is 10.2. The Hall–Kier alpha value is -2.54. The number of aromatic nitrogens is 1. The van der Waals surface area contributed by atoms with E-state index in [0.29, 0.717) is 5.56 Å². The van der Waals surface area contributed by atoms with E-state index in [1.54, 1.807) is 0 Å². The number of hydrogen-bond donors (Lipinski definition) is 1. The maximum absolute atomic E-state index is 9.37. The van der Waals surface area contributed by atoms with Gasteiger partial charge in [0.05, 0.1) is 5.56 Å². The molecule has 2 aromatic rings. The fourth-order valence-corrected chi connectivity index (χ4v) is 2.75. The summed E-state index contributed by atoms with van der Waals surface area (Å²) < 4.78 is 0. The third-order valence-electron chi connectivity index (χ3n) is 3.69. The molecular formula is C16H16N4. The first kappa shape index (κ1) is 12.5. The SMILES string of the molecule is Cc1cc(C)c(C#N)c(N2Cc3ccc(N)cc3C2)n1. The third kappa shape index (κ3) is 1.97. The second kappa shape index (κ2) is 4.53. The number of hydrogen-bond acceptors (Lipinski definition) is 4. The number of pyridine rings is 1. The zero-order valence-electron chi connectivity index (χ0n) is 11.6. The van der Waals surface area contributed by atoms with Gasteiger partial charge in [0.15, 0.2) is 0 Å². The summed E-state index contributed by atoms with van der Waals surface area (Å²) in [6.07, 6.45) is 0. The van der Waals surface area contributed by atoms with Crippen LogP contribution in [0.5, 0.6) is 0 Å². The normalized spacial score (nSPS) is 13.2. The van der Waals surface area contributed by atoms with Crippen molar-refractivity contribution in [2.75, 3.05) is 10.6 Å². The Morgan fingerprint density at radius 1 is 1.20 bits per heavy atom. The molecule has 0 saturated carbocycles. The van der Waals surface area contributed by atoms with Crippen LogP contribution in [0.3, 0.4) is 0 Å². The molecule has 0 amide bonds. The van der Waals surface area contributed by atoms with E-state index in [4.69, 9.17) is 5.73 Å². The summed E-state index contributed by atoms with van der Waals surface area (Å²) >= 11 is 0. The van der Waals surface area contributed by atoms with Crippen molar-refractivity contribution in [2.45, 2.75) is 26.9 Å². The lowest BCUT2D eigenvalue weighted by atomic mass is 10.1. The largest absolute Gasteiger partial charge is 0.399 e. The molecule has 0 saturated heterocycles. The van der Waals surface area contributed by atoms with E-state index in [2.05, 4.69) is 22.0 Å². The smallest absolute Gasteiger partial charge is 0.147 e. The van der Waals surface area contributed by atoms with Gasteiger partial charge in [-0.1, -0.05) is 6.07 Å². The van der Waals surface area contributed by atoms with Crippen LogP contribution in [0, 0.1) is 25.2 Å². The molecule has 0 radical (unpaired) electrons. The lowest BCUT2D eigenvalue weighted by Crippen LogP contribution is -2.18. The number of benzene rings is 1. The first-order valence-electron chi connectivity index (χ1n) is 6.59. The molecule has 1 aromatic heterocycles. The summed E-state index contributed by atoms with van der Waals surface area (Å²) in [5.74, 6) is 0.778. The molecule has 0 atom stereocenters. The molecule has 0 unspecified atom stereocenters. The number of nitrogens with two attached hydrogens (primary N) is 1. The second-order valence-corrected chi connectivity index (χ2v) is 5.28. The zero-order chi connectivity index (χ0) is 14.3. The fourth-order valence-electron chi connectivity index (χ4n) is 2.75. The fraction of sp³-hybridized carbons (Fsp3) is 0.250. The van der Waals surface area contributed by atoms with Crippen molar-refractivity contribution in [1.82, 2.24) is 4.98 Å². The molecule has 0 bridgehead atoms. The lowest BCUT2D eigenvalue weighted by Gasteiger charge is -2.19. The van der Waals surface area contributed by atoms with Crippen LogP contribution in [0.1, 0.15) is 27.9 Å². The van der Waals surface area contributed by atoms with Gasteiger partial charge < -0.3 is 10.6 Å². The summed E-state index contributed by atoms with van der Waals surface area (Å²) in [5, 5.41) is 9.37. The highest BCUT2D eigenvalue weighted by Gasteiger charge is 2.23. The van der Waals surface area contributed by atoms with Gasteiger partial charge in [-0.3, -0.25) is 0 Å². The molecule has 3 rings (SSSR count). The lowest BCUT2D eigenvalue weighted by molar-refractivity contribution is 0.847. The van der Waals surface area contributed by atoms with Crippen molar-refractivity contribution >= 4 is 11.5 Å². The van der Waals surface area contributed by atoms with E-state index in [-0.39, 0.29) is 0 Å². The third-order valence-corrected chi connectivity index (χ3v) is 3.69. The van der Waals surface area contributed by atoms with Crippen LogP contribution in [0.15, 0.2) is 24.3 Å². The molecule has 0 spiro atoms. The number of fused-ring (bicyclic) bond motifs is 1. The number of aryl methyl sites for hydroxylation is 2. The summed E-state index contributed by atoms with van der Waals surface area (Å²) in [7, 11) is 0. The predicted molar refractivity (Wildman–Crippen MR) is 79.2 cm³/mol. The Morgan fingerprint density at radius 2 is 1.95 bits per heavy atom. The highest BCUT2D eigenvalue weighted by molar-refractivity contribution is 5.61. The standard InChI is InChI=1S/C16H16N4/c1-10-5-11(2)19-16(15(10)7-17)20-8-12-3-4-14(18)6-13(12)9-20/h3-6H,8-9,18H2,1-2H3. The van der Waals surface area contributed by atoms with Gasteiger partial charge in [0.25, 0.3) is 0 Å². The summed E-state index contributed by atoms with van der Waals surface area (Å²) in [5.41, 5.74) is 11.7. The minimum absolute atomic E-state index is 0.663. The molecule has 0 fully saturated rings. The van der Waals surface area contributed by atoms with E-state index >= 15 is 0 Å². The van der Waals surface area contributed by atoms with Gasteiger partial charge in [-0.25, -0.2) is 4.98 Å². The van der Waals surface area contributed by atoms with E-state index in [9.17, 15) is 5.26 Å². The average molecular weight is 264 g/mol. The Labute approximate surface area is 118 Å². The topological polar surface area (TPSA) is 65.9 Å². The van der Waals surface area contributed by atoms with Crippen LogP contribution < -0.4 is 10.6 Å². The highest BCUT2D eigenvalue weighted by Crippen LogP contribution is 2.31. The first-order chi connectivity index (χ1) is 9.58. The van der Waals surface area contributed by atoms with E-state index in [1.807, 2.05) is 32.0 Å². The minimum Gasteiger partial charge on any atom is -0.399 e. The van der Waals surface area contributed by atoms with Crippen LogP contribution >= 0.6 is 0 Å². The minimum atomic E-state index is 0.663. The van der Waals surface area contributed by atoms with Gasteiger partial charge in [0.1, 0.15) is 11.9 Å². The van der Waals surface area contributed by atoms with Crippen molar-refractivity contribution in [3.63, 3.8) is 0 Å². The number of nitrogen functional groups attached to an aromatic ring is 1. The second-order valence-electron chi connectivity index (χ2n) is 5.28. The van der Waals surface area contributed by atoms with Crippen molar-refractivity contribution in [1.29, 1.82) is 5.26 Å². The van der Waals surface area contributed by atoms with Crippen LogP contribution in [0.2, 0.25) is 0 Å². The Morgan fingerprint density at radius 3 is 2.70 bits per heavy atom. The number of nitrogens with zero attached hydrogens (tertiary/aromatic N) is 3. The number of anilines is 2. The van der Waals surface area contributed by atoms with Gasteiger partial charge in [-0.15, -0.1) is 0 Å². The van der Waals surface area contributed by atoms with Crippen LogP contribution in [-0.2, 0) is 13.1 Å². The molecule has 0 aliphatic carbocycles. The summed E-state index contributed by atoms with van der Waals surface area (Å²) in [4.78, 5) is 6.71. The van der Waals surface area contributed by atoms with Gasteiger partial charge in [0, 0.05) is 24.5 Å². The molecule has 4 nitrogen and oxygen atoms in total. The van der Waals surface area contributed by atoms with E-state index < -0.39 is 0 Å². The maximum Gasteiger partial charge on any atom is 0.147 e. The van der Waals surface area contributed by atoms with Crippen LogP contribution in [0.25, 0.3) is 0 Å². The monoisotopic (exact) mass is 264 g/mol. The average Bonchev–Trinajstić information content (AvgIpc) is 2.80. The molecule has 4 heteroatoms. The molecule has 2 heterocycles.